The molecule has 1 aromatic rings. The first-order chi connectivity index (χ1) is 10.9. The van der Waals surface area contributed by atoms with E-state index in [0.717, 1.165) is 24.0 Å². The number of hydrogen-bond acceptors (Lipinski definition) is 2. The van der Waals surface area contributed by atoms with Gasteiger partial charge in [0, 0.05) is 18.5 Å². The van der Waals surface area contributed by atoms with Gasteiger partial charge in [-0.1, -0.05) is 51.1 Å². The average molecular weight is 356 g/mol. The van der Waals surface area contributed by atoms with Crippen LogP contribution in [0.15, 0.2) is 30.3 Å². The molecule has 0 saturated heterocycles. The molecule has 0 aliphatic heterocycles. The fraction of sp³-hybridized carbons (Fsp3) is 0.684. The SMILES string of the molecule is CC(CC(C)(C)C)S(=O)(=O)NCCC[N+](C)(C)Cc1ccccc1. The number of quaternary nitrogens is 1. The summed E-state index contributed by atoms with van der Waals surface area (Å²) >= 11 is 0. The van der Waals surface area contributed by atoms with E-state index in [1.807, 2.05) is 6.07 Å². The second-order valence-electron chi connectivity index (χ2n) is 8.67. The summed E-state index contributed by atoms with van der Waals surface area (Å²) in [6, 6.07) is 10.4. The van der Waals surface area contributed by atoms with E-state index in [1.54, 1.807) is 6.92 Å². The summed E-state index contributed by atoms with van der Waals surface area (Å²) in [5.74, 6) is 0. The van der Waals surface area contributed by atoms with E-state index >= 15 is 0 Å². The summed E-state index contributed by atoms with van der Waals surface area (Å²) in [5.41, 5.74) is 1.32. The smallest absolute Gasteiger partial charge is 0.214 e. The van der Waals surface area contributed by atoms with E-state index in [-0.39, 0.29) is 10.7 Å². The molecule has 0 amide bonds. The van der Waals surface area contributed by atoms with Crippen LogP contribution >= 0.6 is 0 Å². The minimum atomic E-state index is -3.23. The van der Waals surface area contributed by atoms with Crippen molar-refractivity contribution < 1.29 is 12.9 Å². The molecule has 1 unspecified atom stereocenters. The van der Waals surface area contributed by atoms with Gasteiger partial charge in [0.25, 0.3) is 0 Å². The fourth-order valence-corrected chi connectivity index (χ4v) is 4.43. The highest BCUT2D eigenvalue weighted by molar-refractivity contribution is 7.90. The zero-order chi connectivity index (χ0) is 18.4. The third kappa shape index (κ3) is 8.27. The van der Waals surface area contributed by atoms with E-state index in [2.05, 4.69) is 63.9 Å². The van der Waals surface area contributed by atoms with Gasteiger partial charge in [-0.15, -0.1) is 0 Å². The zero-order valence-corrected chi connectivity index (χ0v) is 17.0. The van der Waals surface area contributed by atoms with Crippen molar-refractivity contribution in [3.63, 3.8) is 0 Å². The summed E-state index contributed by atoms with van der Waals surface area (Å²) in [7, 11) is 1.14. The molecule has 0 bridgehead atoms. The second-order valence-corrected chi connectivity index (χ2v) is 10.9. The Bertz CT molecular complexity index is 590. The first-order valence-corrected chi connectivity index (χ1v) is 10.3. The van der Waals surface area contributed by atoms with Gasteiger partial charge in [0.05, 0.1) is 25.9 Å². The van der Waals surface area contributed by atoms with Gasteiger partial charge in [-0.3, -0.25) is 0 Å². The van der Waals surface area contributed by atoms with Crippen molar-refractivity contribution >= 4 is 10.0 Å². The maximum atomic E-state index is 12.3. The standard InChI is InChI=1S/C19H35N2O2S/c1-17(15-19(2,3)4)24(22,23)20-13-10-14-21(5,6)16-18-11-8-7-9-12-18/h7-9,11-12,17,20H,10,13-16H2,1-6H3/q+1. The Morgan fingerprint density at radius 1 is 1.12 bits per heavy atom. The van der Waals surface area contributed by atoms with Gasteiger partial charge in [0.1, 0.15) is 6.54 Å². The van der Waals surface area contributed by atoms with Gasteiger partial charge in [-0.05, 0) is 18.8 Å². The Kier molecular flexibility index (Phi) is 7.44. The molecule has 1 aromatic carbocycles. The molecule has 0 aromatic heterocycles. The van der Waals surface area contributed by atoms with Crippen LogP contribution in [-0.2, 0) is 16.6 Å². The third-order valence-corrected chi connectivity index (χ3v) is 5.96. The van der Waals surface area contributed by atoms with E-state index in [9.17, 15) is 8.42 Å². The Balaban J connectivity index is 2.41. The van der Waals surface area contributed by atoms with E-state index < -0.39 is 10.0 Å². The molecule has 1 atom stereocenters. The first-order valence-electron chi connectivity index (χ1n) is 8.76. The molecule has 0 spiro atoms. The Morgan fingerprint density at radius 3 is 2.25 bits per heavy atom. The Hall–Kier alpha value is -0.910. The first kappa shape index (κ1) is 21.1. The van der Waals surface area contributed by atoms with Crippen molar-refractivity contribution in [2.45, 2.75) is 52.3 Å². The number of hydrogen-bond donors (Lipinski definition) is 1. The van der Waals surface area contributed by atoms with Crippen LogP contribution < -0.4 is 4.72 Å². The van der Waals surface area contributed by atoms with Gasteiger partial charge < -0.3 is 4.48 Å². The van der Waals surface area contributed by atoms with Crippen LogP contribution in [-0.4, -0.2) is 45.3 Å². The molecule has 0 fully saturated rings. The van der Waals surface area contributed by atoms with Crippen molar-refractivity contribution in [1.29, 1.82) is 0 Å². The van der Waals surface area contributed by atoms with E-state index in [1.165, 1.54) is 5.56 Å². The highest BCUT2D eigenvalue weighted by Crippen LogP contribution is 2.23. The molecule has 24 heavy (non-hydrogen) atoms. The van der Waals surface area contributed by atoms with Crippen molar-refractivity contribution in [2.75, 3.05) is 27.2 Å². The summed E-state index contributed by atoms with van der Waals surface area (Å²) < 4.78 is 28.2. The quantitative estimate of drug-likeness (QED) is 0.545. The van der Waals surface area contributed by atoms with Crippen molar-refractivity contribution in [1.82, 2.24) is 4.72 Å². The van der Waals surface area contributed by atoms with Gasteiger partial charge in [0.2, 0.25) is 10.0 Å². The highest BCUT2D eigenvalue weighted by atomic mass is 32.2. The minimum Gasteiger partial charge on any atom is -0.325 e. The van der Waals surface area contributed by atoms with E-state index in [0.29, 0.717) is 13.0 Å². The molecule has 4 nitrogen and oxygen atoms in total. The van der Waals surface area contributed by atoms with Crippen molar-refractivity contribution in [2.24, 2.45) is 5.41 Å². The molecule has 0 aliphatic rings. The van der Waals surface area contributed by atoms with Gasteiger partial charge >= 0.3 is 0 Å². The molecule has 1 N–H and O–H groups in total. The van der Waals surface area contributed by atoms with Gasteiger partial charge in [-0.2, -0.15) is 0 Å². The summed E-state index contributed by atoms with van der Waals surface area (Å²) in [5, 5.41) is -0.357. The topological polar surface area (TPSA) is 46.2 Å². The number of benzene rings is 1. The van der Waals surface area contributed by atoms with Crippen molar-refractivity contribution in [3.05, 3.63) is 35.9 Å². The minimum absolute atomic E-state index is 0.0166. The third-order valence-electron chi connectivity index (χ3n) is 4.13. The number of nitrogens with one attached hydrogen (secondary N) is 1. The average Bonchev–Trinajstić information content (AvgIpc) is 2.42. The number of sulfonamides is 1. The van der Waals surface area contributed by atoms with E-state index in [4.69, 9.17) is 0 Å². The Morgan fingerprint density at radius 2 is 1.71 bits per heavy atom. The zero-order valence-electron chi connectivity index (χ0n) is 16.2. The normalized spacial score (nSPS) is 14.6. The number of rotatable bonds is 9. The maximum Gasteiger partial charge on any atom is 0.214 e. The number of nitrogens with zero attached hydrogens (tertiary/aromatic N) is 1. The Labute approximate surface area is 148 Å². The molecule has 0 aliphatic carbocycles. The lowest BCUT2D eigenvalue weighted by Crippen LogP contribution is -2.42. The molecule has 0 radical (unpaired) electrons. The molecular weight excluding hydrogens is 320 g/mol. The lowest BCUT2D eigenvalue weighted by atomic mass is 9.91. The predicted octanol–water partition coefficient (Wildman–Crippen LogP) is 3.40. The summed E-state index contributed by atoms with van der Waals surface area (Å²) in [6.45, 7) is 10.4. The summed E-state index contributed by atoms with van der Waals surface area (Å²) in [4.78, 5) is 0. The van der Waals surface area contributed by atoms with Crippen LogP contribution in [0, 0.1) is 5.41 Å². The fourth-order valence-electron chi connectivity index (χ4n) is 2.99. The van der Waals surface area contributed by atoms with Crippen molar-refractivity contribution in [3.8, 4) is 0 Å². The lowest BCUT2D eigenvalue weighted by Gasteiger charge is -2.30. The second kappa shape index (κ2) is 8.45. The van der Waals surface area contributed by atoms with Crippen LogP contribution in [0.3, 0.4) is 0 Å². The van der Waals surface area contributed by atoms with Gasteiger partial charge in [0.15, 0.2) is 0 Å². The maximum absolute atomic E-state index is 12.3. The molecule has 0 saturated carbocycles. The lowest BCUT2D eigenvalue weighted by molar-refractivity contribution is -0.903. The van der Waals surface area contributed by atoms with Gasteiger partial charge in [-0.25, -0.2) is 13.1 Å². The molecule has 138 valence electrons. The predicted molar refractivity (Wildman–Crippen MR) is 102 cm³/mol. The summed E-state index contributed by atoms with van der Waals surface area (Å²) in [6.07, 6.45) is 1.50. The van der Waals surface area contributed by atoms with Crippen LogP contribution in [0.1, 0.15) is 46.1 Å². The molecular formula is C19H35N2O2S+. The van der Waals surface area contributed by atoms with Crippen LogP contribution in [0.4, 0.5) is 0 Å². The van der Waals surface area contributed by atoms with Crippen LogP contribution in [0.5, 0.6) is 0 Å². The monoisotopic (exact) mass is 355 g/mol. The highest BCUT2D eigenvalue weighted by Gasteiger charge is 2.26. The van der Waals surface area contributed by atoms with Crippen LogP contribution in [0.2, 0.25) is 0 Å². The molecule has 1 rings (SSSR count). The molecule has 0 heterocycles. The van der Waals surface area contributed by atoms with Crippen LogP contribution in [0.25, 0.3) is 0 Å². The largest absolute Gasteiger partial charge is 0.325 e. The molecule has 5 heteroatoms.